The summed E-state index contributed by atoms with van der Waals surface area (Å²) in [5.74, 6) is -0.862. The number of nitrogens with zero attached hydrogens (tertiary/aromatic N) is 3. The van der Waals surface area contributed by atoms with Crippen molar-refractivity contribution in [2.45, 2.75) is 82.3 Å². The van der Waals surface area contributed by atoms with Crippen LogP contribution in [0, 0.1) is 12.7 Å². The lowest BCUT2D eigenvalue weighted by molar-refractivity contribution is -0.145. The molecular weight excluding hydrogens is 559 g/mol. The summed E-state index contributed by atoms with van der Waals surface area (Å²) in [6, 6.07) is 4.07. The normalized spacial score (nSPS) is 25.0. The molecule has 1 aromatic heterocycles. The van der Waals surface area contributed by atoms with Crippen molar-refractivity contribution in [3.8, 4) is 0 Å². The Kier molecular flexibility index (Phi) is 9.52. The van der Waals surface area contributed by atoms with E-state index in [1.165, 1.54) is 24.3 Å². The summed E-state index contributed by atoms with van der Waals surface area (Å²) in [7, 11) is 0. The quantitative estimate of drug-likeness (QED) is 0.437. The summed E-state index contributed by atoms with van der Waals surface area (Å²) < 4.78 is 13.1. The molecule has 12 heteroatoms. The van der Waals surface area contributed by atoms with E-state index in [1.807, 2.05) is 11.8 Å². The molecule has 0 saturated carbocycles. The molecule has 42 heavy (non-hydrogen) atoms. The smallest absolute Gasteiger partial charge is 0.251 e. The molecule has 226 valence electrons. The first-order valence-electron chi connectivity index (χ1n) is 14.8. The first-order chi connectivity index (χ1) is 20.2. The number of thiazole rings is 1. The van der Waals surface area contributed by atoms with Gasteiger partial charge >= 0.3 is 0 Å². The number of unbranched alkanes of at least 4 members (excludes halogenated alkanes) is 1. The van der Waals surface area contributed by atoms with E-state index >= 15 is 0 Å². The van der Waals surface area contributed by atoms with Gasteiger partial charge in [0, 0.05) is 61.0 Å². The fraction of sp³-hybridized carbons (Fsp3) is 0.567. The van der Waals surface area contributed by atoms with Crippen LogP contribution in [0.3, 0.4) is 0 Å². The Morgan fingerprint density at radius 1 is 1.17 bits per heavy atom. The number of piperidine rings is 1. The lowest BCUT2D eigenvalue weighted by atomic mass is 9.96. The number of carbonyl (C=O) groups excluding carboxylic acids is 4. The number of aromatic nitrogens is 1. The Morgan fingerprint density at radius 2 is 1.90 bits per heavy atom. The number of carbonyl (C=O) groups is 4. The maximum Gasteiger partial charge on any atom is 0.251 e. The number of aryl methyl sites for hydroxylation is 1. The molecule has 2 fully saturated rings. The van der Waals surface area contributed by atoms with Crippen molar-refractivity contribution in [2.75, 3.05) is 26.2 Å². The van der Waals surface area contributed by atoms with Gasteiger partial charge in [0.05, 0.1) is 17.1 Å². The zero-order valence-electron chi connectivity index (χ0n) is 23.9. The van der Waals surface area contributed by atoms with Gasteiger partial charge in [0.2, 0.25) is 17.7 Å². The molecule has 4 aliphatic rings. The first-order valence-corrected chi connectivity index (χ1v) is 15.6. The molecule has 4 amide bonds. The molecule has 2 saturated heterocycles. The Balaban J connectivity index is 1.26. The van der Waals surface area contributed by atoms with E-state index in [-0.39, 0.29) is 48.4 Å². The van der Waals surface area contributed by atoms with Gasteiger partial charge < -0.3 is 26.2 Å². The van der Waals surface area contributed by atoms with E-state index in [0.717, 1.165) is 28.4 Å². The second-order valence-corrected chi connectivity index (χ2v) is 12.9. The van der Waals surface area contributed by atoms with Gasteiger partial charge in [-0.15, -0.1) is 11.3 Å². The molecule has 3 atom stereocenters. The highest BCUT2D eigenvalue weighted by molar-refractivity contribution is 7.11. The van der Waals surface area contributed by atoms with Gasteiger partial charge in [-0.05, 0) is 69.7 Å². The van der Waals surface area contributed by atoms with Crippen molar-refractivity contribution in [2.24, 2.45) is 5.73 Å². The molecule has 4 bridgehead atoms. The average molecular weight is 599 g/mol. The van der Waals surface area contributed by atoms with Crippen LogP contribution in [0.2, 0.25) is 0 Å². The van der Waals surface area contributed by atoms with Crippen LogP contribution < -0.4 is 16.4 Å². The third-order valence-electron chi connectivity index (χ3n) is 8.49. The third kappa shape index (κ3) is 7.15. The SMILES string of the molecule is Cc1sc2nc1CC(=O)N[C@@H](CCCCNC(=O)c1ccc(F)cc1)CC(=O)N1C[C@@H](N)C[C@H]1C(=O)N1CCC2CC1. The van der Waals surface area contributed by atoms with Gasteiger partial charge in [0.25, 0.3) is 5.91 Å². The molecule has 4 aliphatic heterocycles. The van der Waals surface area contributed by atoms with Crippen molar-refractivity contribution in [1.82, 2.24) is 25.4 Å². The van der Waals surface area contributed by atoms with E-state index in [9.17, 15) is 23.6 Å². The van der Waals surface area contributed by atoms with Gasteiger partial charge in [0.1, 0.15) is 11.9 Å². The summed E-state index contributed by atoms with van der Waals surface area (Å²) in [6.45, 7) is 3.94. The second kappa shape index (κ2) is 13.3. The van der Waals surface area contributed by atoms with E-state index in [0.29, 0.717) is 57.4 Å². The molecule has 4 N–H and O–H groups in total. The monoisotopic (exact) mass is 598 g/mol. The second-order valence-electron chi connectivity index (χ2n) is 11.6. The predicted octanol–water partition coefficient (Wildman–Crippen LogP) is 2.26. The molecule has 0 spiro atoms. The van der Waals surface area contributed by atoms with Crippen molar-refractivity contribution in [3.63, 3.8) is 0 Å². The summed E-state index contributed by atoms with van der Waals surface area (Å²) in [6.07, 6.45) is 4.07. The number of benzene rings is 1. The Bertz CT molecular complexity index is 1310. The van der Waals surface area contributed by atoms with Crippen LogP contribution >= 0.6 is 11.3 Å². The predicted molar refractivity (Wildman–Crippen MR) is 156 cm³/mol. The van der Waals surface area contributed by atoms with E-state index in [4.69, 9.17) is 10.7 Å². The number of halogens is 1. The van der Waals surface area contributed by atoms with Crippen LogP contribution in [-0.4, -0.2) is 82.7 Å². The molecule has 5 heterocycles. The number of amides is 4. The zero-order valence-corrected chi connectivity index (χ0v) is 24.8. The highest BCUT2D eigenvalue weighted by Crippen LogP contribution is 2.34. The number of hydrogen-bond acceptors (Lipinski definition) is 7. The number of nitrogens with two attached hydrogens (primary N) is 1. The average Bonchev–Trinajstić information content (AvgIpc) is 3.54. The van der Waals surface area contributed by atoms with Crippen molar-refractivity contribution in [1.29, 1.82) is 0 Å². The molecular formula is C30H39FN6O4S. The minimum atomic E-state index is -0.580. The van der Waals surface area contributed by atoms with Crippen LogP contribution in [0.5, 0.6) is 0 Å². The van der Waals surface area contributed by atoms with E-state index in [1.54, 1.807) is 16.2 Å². The van der Waals surface area contributed by atoms with Gasteiger partial charge in [-0.3, -0.25) is 19.2 Å². The third-order valence-corrected chi connectivity index (χ3v) is 9.66. The van der Waals surface area contributed by atoms with E-state index < -0.39 is 17.9 Å². The van der Waals surface area contributed by atoms with Crippen LogP contribution in [0.4, 0.5) is 4.39 Å². The van der Waals surface area contributed by atoms with Gasteiger partial charge in [-0.2, -0.15) is 0 Å². The lowest BCUT2D eigenvalue weighted by Crippen LogP contribution is -2.51. The molecule has 1 aromatic carbocycles. The standard InChI is InChI=1S/C30H39FN6O4S/c1-18-24-16-26(38)34-23(4-2-3-11-33-28(40)19-5-7-21(31)8-6-19)15-27(39)37-17-22(32)14-25(37)30(41)36-12-9-20(10-13-36)29(35-24)42-18/h5-8,20,22-23,25H,2-4,9-17,32H2,1H3,(H,33,40)(H,34,38)/t22-,23-,25-/m0/s1. The first kappa shape index (κ1) is 30.1. The van der Waals surface area contributed by atoms with Crippen LogP contribution in [0.1, 0.15) is 76.8 Å². The van der Waals surface area contributed by atoms with Crippen LogP contribution in [0.15, 0.2) is 24.3 Å². The number of rotatable bonds is 6. The van der Waals surface area contributed by atoms with Gasteiger partial charge in [-0.1, -0.05) is 0 Å². The van der Waals surface area contributed by atoms with Crippen molar-refractivity contribution >= 4 is 35.0 Å². The molecule has 10 nitrogen and oxygen atoms in total. The number of nitrogens with one attached hydrogen (secondary N) is 2. The lowest BCUT2D eigenvalue weighted by Gasteiger charge is -2.35. The summed E-state index contributed by atoms with van der Waals surface area (Å²) in [5.41, 5.74) is 7.38. The fourth-order valence-electron chi connectivity index (χ4n) is 6.13. The van der Waals surface area contributed by atoms with E-state index in [2.05, 4.69) is 10.6 Å². The molecule has 0 radical (unpaired) electrons. The minimum absolute atomic E-state index is 0.0460. The fourth-order valence-corrected chi connectivity index (χ4v) is 7.24. The Morgan fingerprint density at radius 3 is 2.64 bits per heavy atom. The summed E-state index contributed by atoms with van der Waals surface area (Å²) in [5, 5.41) is 6.90. The highest BCUT2D eigenvalue weighted by Gasteiger charge is 2.41. The summed E-state index contributed by atoms with van der Waals surface area (Å²) in [4.78, 5) is 61.9. The molecule has 2 aromatic rings. The Labute approximate surface area is 249 Å². The van der Waals surface area contributed by atoms with Crippen LogP contribution in [0.25, 0.3) is 0 Å². The number of fused-ring (bicyclic) bond motifs is 7. The van der Waals surface area contributed by atoms with Crippen molar-refractivity contribution in [3.05, 3.63) is 51.2 Å². The summed E-state index contributed by atoms with van der Waals surface area (Å²) >= 11 is 1.63. The van der Waals surface area contributed by atoms with Gasteiger partial charge in [0.15, 0.2) is 0 Å². The van der Waals surface area contributed by atoms with Crippen molar-refractivity contribution < 1.29 is 23.6 Å². The molecule has 0 aliphatic carbocycles. The minimum Gasteiger partial charge on any atom is -0.353 e. The number of hydrogen-bond donors (Lipinski definition) is 3. The van der Waals surface area contributed by atoms with Gasteiger partial charge in [-0.25, -0.2) is 9.37 Å². The highest BCUT2D eigenvalue weighted by atomic mass is 32.1. The maximum absolute atomic E-state index is 13.6. The molecule has 6 rings (SSSR count). The zero-order chi connectivity index (χ0) is 29.8. The molecule has 0 unspecified atom stereocenters. The topological polar surface area (TPSA) is 138 Å². The maximum atomic E-state index is 13.6. The Hall–Kier alpha value is -3.38. The van der Waals surface area contributed by atoms with Crippen LogP contribution in [-0.2, 0) is 20.8 Å². The largest absolute Gasteiger partial charge is 0.353 e.